The molecule has 0 spiro atoms. The first-order valence-electron chi connectivity index (χ1n) is 9.45. The number of carbonyl (C=O) groups is 2. The Morgan fingerprint density at radius 1 is 1.29 bits per heavy atom. The van der Waals surface area contributed by atoms with Crippen LogP contribution in [0.3, 0.4) is 0 Å². The molecule has 11 nitrogen and oxygen atoms in total. The number of benzene rings is 2. The van der Waals surface area contributed by atoms with E-state index >= 15 is 0 Å². The van der Waals surface area contributed by atoms with Crippen molar-refractivity contribution in [3.63, 3.8) is 0 Å². The molecule has 1 aliphatic heterocycles. The minimum absolute atomic E-state index is 0.0765. The van der Waals surface area contributed by atoms with Gasteiger partial charge in [-0.3, -0.25) is 19.7 Å². The number of carbonyl (C=O) groups excluding carboxylic acids is 2. The Kier molecular flexibility index (Phi) is 7.74. The number of rotatable bonds is 7. The molecule has 0 atom stereocenters. The predicted octanol–water partition coefficient (Wildman–Crippen LogP) is 3.63. The lowest BCUT2D eigenvalue weighted by atomic mass is 10.2. The van der Waals surface area contributed by atoms with Gasteiger partial charge in [-0.15, -0.1) is 0 Å². The Balaban J connectivity index is 1.92. The van der Waals surface area contributed by atoms with E-state index < -0.39 is 20.9 Å². The monoisotopic (exact) mass is 569 g/mol. The van der Waals surface area contributed by atoms with Crippen molar-refractivity contribution in [3.8, 4) is 11.5 Å². The highest BCUT2D eigenvalue weighted by atomic mass is 79.9. The van der Waals surface area contributed by atoms with E-state index in [1.54, 1.807) is 6.92 Å². The topological polar surface area (TPSA) is 154 Å². The third-order valence-corrected chi connectivity index (χ3v) is 6.79. The van der Waals surface area contributed by atoms with Crippen LogP contribution in [-0.2, 0) is 19.7 Å². The summed E-state index contributed by atoms with van der Waals surface area (Å²) in [6, 6.07) is 7.23. The largest absolute Gasteiger partial charge is 0.490 e. The van der Waals surface area contributed by atoms with Crippen molar-refractivity contribution in [3.05, 3.63) is 61.5 Å². The van der Waals surface area contributed by atoms with Crippen LogP contribution in [0.4, 0.5) is 5.69 Å². The average Bonchev–Trinajstić information content (AvgIpc) is 3.08. The summed E-state index contributed by atoms with van der Waals surface area (Å²) >= 11 is 4.25. The minimum atomic E-state index is -4.35. The van der Waals surface area contributed by atoms with E-state index in [0.717, 1.165) is 36.0 Å². The fraction of sp³-hybridized carbons (Fsp3) is 0.150. The molecule has 1 N–H and O–H groups in total. The molecular weight excluding hydrogens is 554 g/mol. The number of halogens is 1. The number of hydrogen-bond donors (Lipinski definition) is 1. The van der Waals surface area contributed by atoms with E-state index in [4.69, 9.17) is 8.92 Å². The lowest BCUT2D eigenvalue weighted by Gasteiger charge is -2.14. The molecule has 0 aliphatic carbocycles. The van der Waals surface area contributed by atoms with Crippen molar-refractivity contribution in [2.45, 2.75) is 18.7 Å². The van der Waals surface area contributed by atoms with E-state index in [1.165, 1.54) is 25.1 Å². The Morgan fingerprint density at radius 3 is 2.56 bits per heavy atom. The van der Waals surface area contributed by atoms with Crippen LogP contribution in [0, 0.1) is 10.1 Å². The van der Waals surface area contributed by atoms with Gasteiger partial charge in [0.05, 0.1) is 20.9 Å². The van der Waals surface area contributed by atoms with Gasteiger partial charge in [-0.2, -0.15) is 13.4 Å². The number of nitro benzene ring substituents is 1. The molecule has 0 saturated carbocycles. The zero-order valence-corrected chi connectivity index (χ0v) is 20.8. The molecule has 0 aromatic heterocycles. The second-order valence-corrected chi connectivity index (χ2v) is 10.00. The van der Waals surface area contributed by atoms with Gasteiger partial charge >= 0.3 is 10.1 Å². The summed E-state index contributed by atoms with van der Waals surface area (Å²) in [5, 5.41) is 13.4. The van der Waals surface area contributed by atoms with Gasteiger partial charge in [0, 0.05) is 19.1 Å². The highest BCUT2D eigenvalue weighted by Gasteiger charge is 2.25. The molecule has 2 aromatic rings. The second kappa shape index (κ2) is 10.4. The van der Waals surface area contributed by atoms with Crippen molar-refractivity contribution in [1.82, 2.24) is 5.32 Å². The van der Waals surface area contributed by atoms with Gasteiger partial charge in [0.25, 0.3) is 11.6 Å². The smallest absolute Gasteiger partial charge is 0.339 e. The van der Waals surface area contributed by atoms with Crippen molar-refractivity contribution in [1.29, 1.82) is 0 Å². The van der Waals surface area contributed by atoms with E-state index in [-0.39, 0.29) is 49.1 Å². The Bertz CT molecular complexity index is 1340. The van der Waals surface area contributed by atoms with Crippen LogP contribution in [0.1, 0.15) is 19.4 Å². The van der Waals surface area contributed by atoms with Crippen LogP contribution in [0.2, 0.25) is 0 Å². The number of amidine groups is 1. The van der Waals surface area contributed by atoms with Crippen LogP contribution < -0.4 is 14.2 Å². The third-order valence-electron chi connectivity index (χ3n) is 4.06. The summed E-state index contributed by atoms with van der Waals surface area (Å²) in [4.78, 5) is 37.2. The first kappa shape index (κ1) is 25.4. The van der Waals surface area contributed by atoms with Crippen LogP contribution in [0.15, 0.2) is 55.7 Å². The number of non-ortho nitro benzene ring substituents is 1. The van der Waals surface area contributed by atoms with Crippen LogP contribution >= 0.6 is 27.7 Å². The number of aliphatic imine (C=N–C) groups is 1. The number of thioether (sulfide) groups is 1. The molecule has 178 valence electrons. The zero-order chi connectivity index (χ0) is 25.0. The Labute approximate surface area is 206 Å². The average molecular weight is 570 g/mol. The van der Waals surface area contributed by atoms with Gasteiger partial charge in [-0.25, -0.2) is 0 Å². The molecule has 0 bridgehead atoms. The standard InChI is InChI=1S/C20H16BrN3O8S2/c1-3-31-16-9-12(10-17-19(26)23-20(33-17)22-11(2)25)8-15(21)18(16)32-34(29,30)14-6-4-13(5-7-14)24(27)28/h4-10H,3H2,1-2H3,(H,22,23,25,26)/b17-10-. The highest BCUT2D eigenvalue weighted by Crippen LogP contribution is 2.40. The van der Waals surface area contributed by atoms with E-state index in [9.17, 15) is 28.1 Å². The zero-order valence-electron chi connectivity index (χ0n) is 17.6. The molecular formula is C20H16BrN3O8S2. The molecule has 1 heterocycles. The summed E-state index contributed by atoms with van der Waals surface area (Å²) in [7, 11) is -4.35. The SMILES string of the molecule is CCOc1cc(/C=C2\SC(NC(C)=O)=NC2=O)cc(Br)c1OS(=O)(=O)c1ccc([N+](=O)[O-])cc1. The quantitative estimate of drug-likeness (QED) is 0.227. The molecule has 2 amide bonds. The van der Waals surface area contributed by atoms with Crippen LogP contribution in [0.25, 0.3) is 6.08 Å². The molecule has 2 aromatic carbocycles. The van der Waals surface area contributed by atoms with Gasteiger partial charge in [-0.1, -0.05) is 0 Å². The Morgan fingerprint density at radius 2 is 1.97 bits per heavy atom. The summed E-state index contributed by atoms with van der Waals surface area (Å²) in [5.41, 5.74) is 0.211. The summed E-state index contributed by atoms with van der Waals surface area (Å²) < 4.78 is 36.5. The maximum Gasteiger partial charge on any atom is 0.339 e. The lowest BCUT2D eigenvalue weighted by Crippen LogP contribution is -2.23. The molecule has 1 aliphatic rings. The molecule has 34 heavy (non-hydrogen) atoms. The lowest BCUT2D eigenvalue weighted by molar-refractivity contribution is -0.384. The van der Waals surface area contributed by atoms with E-state index in [2.05, 4.69) is 26.2 Å². The molecule has 3 rings (SSSR count). The molecule has 0 fully saturated rings. The van der Waals surface area contributed by atoms with Gasteiger partial charge in [0.15, 0.2) is 16.7 Å². The highest BCUT2D eigenvalue weighted by molar-refractivity contribution is 9.10. The van der Waals surface area contributed by atoms with Crippen molar-refractivity contribution in [2.75, 3.05) is 6.61 Å². The van der Waals surface area contributed by atoms with E-state index in [0.29, 0.717) is 5.56 Å². The summed E-state index contributed by atoms with van der Waals surface area (Å²) in [6.07, 6.45) is 1.51. The van der Waals surface area contributed by atoms with Gasteiger partial charge in [-0.05, 0) is 70.5 Å². The summed E-state index contributed by atoms with van der Waals surface area (Å²) in [5.74, 6) is -0.961. The third kappa shape index (κ3) is 6.01. The van der Waals surface area contributed by atoms with Crippen molar-refractivity contribution >= 4 is 66.6 Å². The molecule has 0 radical (unpaired) electrons. The fourth-order valence-electron chi connectivity index (χ4n) is 2.67. The first-order valence-corrected chi connectivity index (χ1v) is 12.5. The number of ether oxygens (including phenoxy) is 1. The normalized spacial score (nSPS) is 14.6. The van der Waals surface area contributed by atoms with Gasteiger partial charge < -0.3 is 14.2 Å². The number of hydrogen-bond acceptors (Lipinski definition) is 9. The second-order valence-electron chi connectivity index (χ2n) is 6.57. The maximum absolute atomic E-state index is 12.7. The molecule has 0 saturated heterocycles. The molecule has 14 heteroatoms. The van der Waals surface area contributed by atoms with Gasteiger partial charge in [0.1, 0.15) is 4.90 Å². The van der Waals surface area contributed by atoms with Crippen LogP contribution in [0.5, 0.6) is 11.5 Å². The van der Waals surface area contributed by atoms with Crippen LogP contribution in [-0.4, -0.2) is 36.9 Å². The summed E-state index contributed by atoms with van der Waals surface area (Å²) in [6.45, 7) is 3.17. The number of nitrogens with one attached hydrogen (secondary N) is 1. The number of amides is 2. The first-order chi connectivity index (χ1) is 16.0. The van der Waals surface area contributed by atoms with Gasteiger partial charge in [0.2, 0.25) is 5.91 Å². The van der Waals surface area contributed by atoms with E-state index in [1.807, 2.05) is 0 Å². The fourth-order valence-corrected chi connectivity index (χ4v) is 5.14. The van der Waals surface area contributed by atoms with Crippen molar-refractivity contribution in [2.24, 2.45) is 4.99 Å². The minimum Gasteiger partial charge on any atom is -0.490 e. The number of nitrogens with zero attached hydrogens (tertiary/aromatic N) is 2. The number of nitro groups is 1. The Hall–Kier alpha value is -3.23. The van der Waals surface area contributed by atoms with Crippen molar-refractivity contribution < 1.29 is 31.9 Å². The molecule has 0 unspecified atom stereocenters. The maximum atomic E-state index is 12.7. The predicted molar refractivity (Wildman–Crippen MR) is 128 cm³/mol.